The lowest BCUT2D eigenvalue weighted by Gasteiger charge is -2.48. The second-order valence-corrected chi connectivity index (χ2v) is 6.97. The number of unbranched alkanes of at least 4 members (excludes halogenated alkanes) is 4. The first-order valence-corrected chi connectivity index (χ1v) is 9.35. The molecular formula is C20H33NO. The Kier molecular flexibility index (Phi) is 7.49. The summed E-state index contributed by atoms with van der Waals surface area (Å²) in [6, 6.07) is 1.24. The van der Waals surface area contributed by atoms with Crippen LogP contribution in [-0.2, 0) is 0 Å². The third-order valence-corrected chi connectivity index (χ3v) is 5.29. The zero-order valence-electron chi connectivity index (χ0n) is 14.4. The van der Waals surface area contributed by atoms with Crippen molar-refractivity contribution in [2.24, 2.45) is 0 Å². The van der Waals surface area contributed by atoms with E-state index >= 15 is 0 Å². The van der Waals surface area contributed by atoms with Crippen LogP contribution in [0, 0.1) is 11.8 Å². The lowest BCUT2D eigenvalue weighted by molar-refractivity contribution is -0.0438. The predicted molar refractivity (Wildman–Crippen MR) is 93.6 cm³/mol. The minimum atomic E-state index is -0.173. The number of rotatable bonds is 5. The molecule has 0 radical (unpaired) electrons. The molecule has 4 atom stereocenters. The molecule has 2 aliphatic rings. The van der Waals surface area contributed by atoms with Gasteiger partial charge in [0.25, 0.3) is 0 Å². The van der Waals surface area contributed by atoms with E-state index in [1.165, 1.54) is 38.5 Å². The van der Waals surface area contributed by atoms with Gasteiger partial charge in [0.1, 0.15) is 0 Å². The first-order valence-electron chi connectivity index (χ1n) is 9.35. The van der Waals surface area contributed by atoms with Gasteiger partial charge < -0.3 is 5.11 Å². The van der Waals surface area contributed by atoms with Gasteiger partial charge in [-0.3, -0.25) is 4.90 Å². The standard InChI is InChI=1S/C20H33NO/c1-3-4-5-6-7-8-9-10-12-18-13-11-14-19-15-16-20(22)17(2)21(18)19/h8-9,17-20,22H,3-7,11,13-16H2,1-2H3/b9-8+/t17-,18-,19+,20+/m0/s1. The molecule has 0 aromatic carbocycles. The van der Waals surface area contributed by atoms with Crippen molar-refractivity contribution < 1.29 is 5.11 Å². The van der Waals surface area contributed by atoms with Crippen LogP contribution in [0.2, 0.25) is 0 Å². The molecule has 0 saturated carbocycles. The fourth-order valence-electron chi connectivity index (χ4n) is 3.93. The SMILES string of the molecule is CCCCCC/C=C/C#C[C@H]1CCC[C@@H]2CC[C@@H](O)[C@H](C)N21. The van der Waals surface area contributed by atoms with Gasteiger partial charge in [-0.2, -0.15) is 0 Å². The van der Waals surface area contributed by atoms with Crippen LogP contribution in [0.15, 0.2) is 12.2 Å². The number of piperidine rings is 2. The van der Waals surface area contributed by atoms with Crippen LogP contribution in [0.3, 0.4) is 0 Å². The van der Waals surface area contributed by atoms with Gasteiger partial charge in [-0.15, -0.1) is 0 Å². The average Bonchev–Trinajstić information content (AvgIpc) is 2.53. The Morgan fingerprint density at radius 3 is 2.82 bits per heavy atom. The maximum atomic E-state index is 10.1. The van der Waals surface area contributed by atoms with Crippen molar-refractivity contribution in [3.05, 3.63) is 12.2 Å². The Labute approximate surface area is 137 Å². The van der Waals surface area contributed by atoms with Crippen LogP contribution in [0.5, 0.6) is 0 Å². The van der Waals surface area contributed by atoms with E-state index in [2.05, 4.69) is 36.7 Å². The van der Waals surface area contributed by atoms with E-state index in [-0.39, 0.29) is 12.1 Å². The third-order valence-electron chi connectivity index (χ3n) is 5.29. The van der Waals surface area contributed by atoms with Crippen LogP contribution in [0.25, 0.3) is 0 Å². The number of hydrogen-bond acceptors (Lipinski definition) is 2. The Morgan fingerprint density at radius 2 is 2.00 bits per heavy atom. The van der Waals surface area contributed by atoms with Crippen LogP contribution in [0.4, 0.5) is 0 Å². The van der Waals surface area contributed by atoms with Crippen LogP contribution >= 0.6 is 0 Å². The molecule has 2 heteroatoms. The van der Waals surface area contributed by atoms with Crippen molar-refractivity contribution in [1.82, 2.24) is 4.90 Å². The maximum Gasteiger partial charge on any atom is 0.0723 e. The molecule has 22 heavy (non-hydrogen) atoms. The quantitative estimate of drug-likeness (QED) is 0.605. The largest absolute Gasteiger partial charge is 0.392 e. The zero-order valence-corrected chi connectivity index (χ0v) is 14.4. The Hall–Kier alpha value is -0.780. The molecule has 1 N–H and O–H groups in total. The molecule has 0 aromatic heterocycles. The zero-order chi connectivity index (χ0) is 15.8. The van der Waals surface area contributed by atoms with Crippen molar-refractivity contribution in [2.75, 3.05) is 0 Å². The molecule has 0 amide bonds. The first-order chi connectivity index (χ1) is 10.7. The van der Waals surface area contributed by atoms with Gasteiger partial charge in [-0.1, -0.05) is 44.1 Å². The van der Waals surface area contributed by atoms with E-state index in [4.69, 9.17) is 0 Å². The summed E-state index contributed by atoms with van der Waals surface area (Å²) in [5, 5.41) is 10.1. The molecule has 2 aliphatic heterocycles. The van der Waals surface area contributed by atoms with Crippen LogP contribution in [0.1, 0.15) is 78.1 Å². The Morgan fingerprint density at radius 1 is 1.14 bits per heavy atom. The van der Waals surface area contributed by atoms with E-state index < -0.39 is 0 Å². The second-order valence-electron chi connectivity index (χ2n) is 6.97. The highest BCUT2D eigenvalue weighted by Crippen LogP contribution is 2.33. The van der Waals surface area contributed by atoms with Gasteiger partial charge >= 0.3 is 0 Å². The van der Waals surface area contributed by atoms with E-state index in [1.54, 1.807) is 0 Å². The maximum absolute atomic E-state index is 10.1. The molecule has 124 valence electrons. The van der Waals surface area contributed by atoms with Crippen molar-refractivity contribution in [2.45, 2.75) is 102 Å². The van der Waals surface area contributed by atoms with Crippen molar-refractivity contribution in [3.8, 4) is 11.8 Å². The minimum absolute atomic E-state index is 0.173. The van der Waals surface area contributed by atoms with Crippen LogP contribution < -0.4 is 0 Å². The number of nitrogens with zero attached hydrogens (tertiary/aromatic N) is 1. The smallest absolute Gasteiger partial charge is 0.0723 e. The fourth-order valence-corrected chi connectivity index (χ4v) is 3.93. The second kappa shape index (κ2) is 9.38. The molecule has 0 unspecified atom stereocenters. The molecule has 2 nitrogen and oxygen atoms in total. The molecule has 2 heterocycles. The summed E-state index contributed by atoms with van der Waals surface area (Å²) in [5.41, 5.74) is 0. The molecule has 2 fully saturated rings. The third kappa shape index (κ3) is 4.86. The van der Waals surface area contributed by atoms with Crippen molar-refractivity contribution in [3.63, 3.8) is 0 Å². The first kappa shape index (κ1) is 17.6. The summed E-state index contributed by atoms with van der Waals surface area (Å²) in [7, 11) is 0. The number of hydrogen-bond donors (Lipinski definition) is 1. The molecule has 0 bridgehead atoms. The summed E-state index contributed by atoms with van der Waals surface area (Å²) >= 11 is 0. The van der Waals surface area contributed by atoms with E-state index in [1.807, 2.05) is 6.08 Å². The molecule has 2 saturated heterocycles. The fraction of sp³-hybridized carbons (Fsp3) is 0.800. The summed E-state index contributed by atoms with van der Waals surface area (Å²) in [5.74, 6) is 6.71. The van der Waals surface area contributed by atoms with Crippen LogP contribution in [-0.4, -0.2) is 34.2 Å². The number of fused-ring (bicyclic) bond motifs is 1. The van der Waals surface area contributed by atoms with Crippen molar-refractivity contribution in [1.29, 1.82) is 0 Å². The highest BCUT2D eigenvalue weighted by atomic mass is 16.3. The molecule has 0 aromatic rings. The van der Waals surface area contributed by atoms with Gasteiger partial charge in [0.2, 0.25) is 0 Å². The number of aliphatic hydroxyl groups is 1. The van der Waals surface area contributed by atoms with Gasteiger partial charge in [-0.25, -0.2) is 0 Å². The predicted octanol–water partition coefficient (Wildman–Crippen LogP) is 4.28. The number of aliphatic hydroxyl groups excluding tert-OH is 1. The topological polar surface area (TPSA) is 23.5 Å². The molecule has 0 aliphatic carbocycles. The van der Waals surface area contributed by atoms with Gasteiger partial charge in [0.05, 0.1) is 12.1 Å². The molecular weight excluding hydrogens is 270 g/mol. The average molecular weight is 303 g/mol. The number of allylic oxidation sites excluding steroid dienone is 2. The summed E-state index contributed by atoms with van der Waals surface area (Å²) in [4.78, 5) is 2.50. The van der Waals surface area contributed by atoms with Gasteiger partial charge in [-0.05, 0) is 57.9 Å². The van der Waals surface area contributed by atoms with Gasteiger partial charge in [0, 0.05) is 12.1 Å². The van der Waals surface area contributed by atoms with Crippen molar-refractivity contribution >= 4 is 0 Å². The lowest BCUT2D eigenvalue weighted by Crippen LogP contribution is -2.57. The van der Waals surface area contributed by atoms with E-state index in [0.717, 1.165) is 25.7 Å². The normalized spacial score (nSPS) is 32.5. The highest BCUT2D eigenvalue weighted by Gasteiger charge is 2.39. The summed E-state index contributed by atoms with van der Waals surface area (Å²) in [6.45, 7) is 4.41. The van der Waals surface area contributed by atoms with E-state index in [9.17, 15) is 5.11 Å². The minimum Gasteiger partial charge on any atom is -0.392 e. The highest BCUT2D eigenvalue weighted by molar-refractivity contribution is 5.20. The lowest BCUT2D eigenvalue weighted by atomic mass is 9.84. The molecule has 2 rings (SSSR count). The Balaban J connectivity index is 1.83. The molecule has 0 spiro atoms. The van der Waals surface area contributed by atoms with Gasteiger partial charge in [0.15, 0.2) is 0 Å². The summed E-state index contributed by atoms with van der Waals surface area (Å²) in [6.07, 6.45) is 16.3. The summed E-state index contributed by atoms with van der Waals surface area (Å²) < 4.78 is 0. The monoisotopic (exact) mass is 303 g/mol. The Bertz CT molecular complexity index is 404. The van der Waals surface area contributed by atoms with E-state index in [0.29, 0.717) is 12.1 Å².